The Morgan fingerprint density at radius 2 is 1.94 bits per heavy atom. The number of rotatable bonds is 5. The van der Waals surface area contributed by atoms with Crippen LogP contribution in [-0.2, 0) is 4.79 Å². The molecule has 0 saturated carbocycles. The number of benzene rings is 2. The number of amides is 1. The molecule has 8 nitrogen and oxygen atoms in total. The zero-order chi connectivity index (χ0) is 23.8. The molecule has 0 spiro atoms. The standard InChI is InChI=1S/C24H25ClN6O2/c1-14(29-21-17(22(32)27-3)13-28-24(2,26)30-21)19-12-15-8-7-11-18(25)20(15)23(33)31(19)16-9-5-4-6-10-16/h4-14,29-30H,26H2,1-3H3,(H,27,32)/t14-,24?/m0/s1. The first kappa shape index (κ1) is 22.6. The third kappa shape index (κ3) is 4.35. The predicted molar refractivity (Wildman–Crippen MR) is 131 cm³/mol. The van der Waals surface area contributed by atoms with E-state index in [1.807, 2.05) is 55.5 Å². The highest BCUT2D eigenvalue weighted by Crippen LogP contribution is 2.26. The summed E-state index contributed by atoms with van der Waals surface area (Å²) in [5.74, 6) is -0.988. The van der Waals surface area contributed by atoms with Crippen molar-refractivity contribution in [3.05, 3.63) is 87.1 Å². The van der Waals surface area contributed by atoms with Crippen LogP contribution < -0.4 is 27.2 Å². The van der Waals surface area contributed by atoms with Gasteiger partial charge in [-0.3, -0.25) is 24.9 Å². The molecule has 2 heterocycles. The Balaban J connectivity index is 1.88. The molecule has 1 aromatic heterocycles. The van der Waals surface area contributed by atoms with Gasteiger partial charge in [0.05, 0.1) is 22.0 Å². The molecule has 9 heteroatoms. The normalized spacial score (nSPS) is 18.7. The Morgan fingerprint density at radius 3 is 2.64 bits per heavy atom. The van der Waals surface area contributed by atoms with Gasteiger partial charge in [-0.15, -0.1) is 0 Å². The Kier molecular flexibility index (Phi) is 5.97. The summed E-state index contributed by atoms with van der Waals surface area (Å²) < 4.78 is 1.63. The van der Waals surface area contributed by atoms with Gasteiger partial charge in [0, 0.05) is 24.6 Å². The minimum Gasteiger partial charge on any atom is -0.363 e. The van der Waals surface area contributed by atoms with Gasteiger partial charge in [-0.1, -0.05) is 41.9 Å². The Morgan fingerprint density at radius 1 is 1.21 bits per heavy atom. The van der Waals surface area contributed by atoms with Crippen LogP contribution in [0.4, 0.5) is 0 Å². The quantitative estimate of drug-likeness (QED) is 0.463. The first-order chi connectivity index (χ1) is 15.7. The van der Waals surface area contributed by atoms with Crippen LogP contribution in [0.15, 0.2) is 75.8 Å². The largest absolute Gasteiger partial charge is 0.363 e. The van der Waals surface area contributed by atoms with E-state index in [0.717, 1.165) is 5.39 Å². The molecule has 0 radical (unpaired) electrons. The third-order valence-electron chi connectivity index (χ3n) is 5.42. The predicted octanol–water partition coefficient (Wildman–Crippen LogP) is 2.56. The van der Waals surface area contributed by atoms with Crippen LogP contribution >= 0.6 is 11.6 Å². The van der Waals surface area contributed by atoms with E-state index in [-0.39, 0.29) is 11.5 Å². The summed E-state index contributed by atoms with van der Waals surface area (Å²) in [6, 6.07) is 16.2. The van der Waals surface area contributed by atoms with Gasteiger partial charge in [0.25, 0.3) is 11.5 Å². The minimum absolute atomic E-state index is 0.227. The monoisotopic (exact) mass is 464 g/mol. The second-order valence-corrected chi connectivity index (χ2v) is 8.42. The summed E-state index contributed by atoms with van der Waals surface area (Å²) in [6.45, 7) is 3.59. The molecule has 0 aliphatic carbocycles. The van der Waals surface area contributed by atoms with E-state index in [9.17, 15) is 9.59 Å². The number of nitrogens with two attached hydrogens (primary N) is 1. The minimum atomic E-state index is -1.09. The lowest BCUT2D eigenvalue weighted by Gasteiger charge is -2.32. The van der Waals surface area contributed by atoms with Crippen molar-refractivity contribution >= 4 is 34.5 Å². The van der Waals surface area contributed by atoms with Crippen molar-refractivity contribution in [1.82, 2.24) is 20.5 Å². The van der Waals surface area contributed by atoms with Gasteiger partial charge in [0.1, 0.15) is 5.82 Å². The average molecular weight is 465 g/mol. The van der Waals surface area contributed by atoms with Crippen LogP contribution in [0.25, 0.3) is 16.5 Å². The zero-order valence-corrected chi connectivity index (χ0v) is 19.3. The lowest BCUT2D eigenvalue weighted by molar-refractivity contribution is -0.116. The molecule has 0 bridgehead atoms. The molecular formula is C24H25ClN6O2. The lowest BCUT2D eigenvalue weighted by Crippen LogP contribution is -2.54. The molecule has 3 aromatic rings. The van der Waals surface area contributed by atoms with Crippen LogP contribution in [0.1, 0.15) is 25.6 Å². The van der Waals surface area contributed by atoms with Crippen LogP contribution in [0.2, 0.25) is 5.02 Å². The van der Waals surface area contributed by atoms with E-state index in [1.165, 1.54) is 6.21 Å². The smallest absolute Gasteiger partial charge is 0.264 e. The molecular weight excluding hydrogens is 440 g/mol. The zero-order valence-electron chi connectivity index (χ0n) is 18.5. The highest BCUT2D eigenvalue weighted by atomic mass is 35.5. The Labute approximate surface area is 196 Å². The molecule has 2 atom stereocenters. The summed E-state index contributed by atoms with van der Waals surface area (Å²) >= 11 is 6.39. The van der Waals surface area contributed by atoms with Crippen LogP contribution in [0.3, 0.4) is 0 Å². The van der Waals surface area contributed by atoms with E-state index >= 15 is 0 Å². The molecule has 170 valence electrons. The van der Waals surface area contributed by atoms with Crippen molar-refractivity contribution in [2.24, 2.45) is 10.7 Å². The van der Waals surface area contributed by atoms with E-state index in [4.69, 9.17) is 17.3 Å². The summed E-state index contributed by atoms with van der Waals surface area (Å²) in [4.78, 5) is 30.2. The molecule has 1 amide bonds. The van der Waals surface area contributed by atoms with Gasteiger partial charge in [-0.05, 0) is 43.5 Å². The van der Waals surface area contributed by atoms with Gasteiger partial charge in [-0.2, -0.15) is 0 Å². The molecule has 33 heavy (non-hydrogen) atoms. The highest BCUT2D eigenvalue weighted by molar-refractivity contribution is 6.35. The van der Waals surface area contributed by atoms with E-state index in [0.29, 0.717) is 33.2 Å². The summed E-state index contributed by atoms with van der Waals surface area (Å²) in [5, 5.41) is 10.5. The number of aliphatic imine (C=N–C) groups is 1. The number of halogens is 1. The maximum atomic E-state index is 13.6. The fraction of sp³-hybridized carbons (Fsp3) is 0.208. The number of fused-ring (bicyclic) bond motifs is 1. The number of carbonyl (C=O) groups is 1. The fourth-order valence-corrected chi connectivity index (χ4v) is 4.09. The molecule has 1 aliphatic heterocycles. The van der Waals surface area contributed by atoms with E-state index < -0.39 is 11.8 Å². The maximum Gasteiger partial charge on any atom is 0.264 e. The molecule has 1 unspecified atom stereocenters. The first-order valence-electron chi connectivity index (χ1n) is 10.5. The average Bonchev–Trinajstić information content (AvgIpc) is 2.78. The van der Waals surface area contributed by atoms with Crippen molar-refractivity contribution in [2.75, 3.05) is 7.05 Å². The number of hydrogen-bond acceptors (Lipinski definition) is 6. The van der Waals surface area contributed by atoms with Gasteiger partial charge in [0.15, 0.2) is 5.79 Å². The topological polar surface area (TPSA) is 114 Å². The second-order valence-electron chi connectivity index (χ2n) is 8.01. The number of nitrogens with one attached hydrogen (secondary N) is 3. The molecule has 2 aromatic carbocycles. The number of carbonyl (C=O) groups excluding carboxylic acids is 1. The molecule has 1 aliphatic rings. The number of para-hydroxylation sites is 1. The molecule has 4 rings (SSSR count). The number of likely N-dealkylation sites (N-methyl/N-ethyl adjacent to an activating group) is 1. The summed E-state index contributed by atoms with van der Waals surface area (Å²) in [5.41, 5.74) is 7.61. The summed E-state index contributed by atoms with van der Waals surface area (Å²) in [6.07, 6.45) is 1.44. The molecule has 0 saturated heterocycles. The lowest BCUT2D eigenvalue weighted by atomic mass is 10.1. The number of nitrogens with zero attached hydrogens (tertiary/aromatic N) is 2. The van der Waals surface area contributed by atoms with Gasteiger partial charge < -0.3 is 16.0 Å². The van der Waals surface area contributed by atoms with E-state index in [1.54, 1.807) is 24.6 Å². The fourth-order valence-electron chi connectivity index (χ4n) is 3.83. The van der Waals surface area contributed by atoms with Crippen LogP contribution in [0.5, 0.6) is 0 Å². The number of pyridine rings is 1. The SMILES string of the molecule is CNC(=O)C1=C(N[C@@H](C)c2cc3cccc(Cl)c3c(=O)n2-c2ccccc2)NC(C)(N)N=C1. The van der Waals surface area contributed by atoms with Gasteiger partial charge in [-0.25, -0.2) is 0 Å². The maximum absolute atomic E-state index is 13.6. The first-order valence-corrected chi connectivity index (χ1v) is 10.8. The van der Waals surface area contributed by atoms with Crippen LogP contribution in [-0.4, -0.2) is 29.5 Å². The Hall–Kier alpha value is -3.62. The van der Waals surface area contributed by atoms with Gasteiger partial charge in [0.2, 0.25) is 0 Å². The molecule has 0 fully saturated rings. The van der Waals surface area contributed by atoms with Crippen molar-refractivity contribution in [2.45, 2.75) is 25.7 Å². The third-order valence-corrected chi connectivity index (χ3v) is 5.74. The van der Waals surface area contributed by atoms with Crippen molar-refractivity contribution < 1.29 is 4.79 Å². The van der Waals surface area contributed by atoms with Crippen LogP contribution in [0, 0.1) is 0 Å². The van der Waals surface area contributed by atoms with Crippen molar-refractivity contribution in [3.63, 3.8) is 0 Å². The second kappa shape index (κ2) is 8.73. The highest BCUT2D eigenvalue weighted by Gasteiger charge is 2.28. The molecule has 5 N–H and O–H groups in total. The summed E-state index contributed by atoms with van der Waals surface area (Å²) in [7, 11) is 1.54. The number of aromatic nitrogens is 1. The van der Waals surface area contributed by atoms with Crippen molar-refractivity contribution in [1.29, 1.82) is 0 Å². The van der Waals surface area contributed by atoms with Crippen molar-refractivity contribution in [3.8, 4) is 5.69 Å². The Bertz CT molecular complexity index is 1340. The van der Waals surface area contributed by atoms with Gasteiger partial charge >= 0.3 is 0 Å². The van der Waals surface area contributed by atoms with E-state index in [2.05, 4.69) is 20.9 Å². The number of hydrogen-bond donors (Lipinski definition) is 4.